The molecule has 0 saturated heterocycles. The van der Waals surface area contributed by atoms with Crippen molar-refractivity contribution in [1.82, 2.24) is 4.98 Å². The molecule has 0 spiro atoms. The molecule has 3 aromatic carbocycles. The number of rotatable bonds is 5. The molecule has 162 valence electrons. The Labute approximate surface area is 197 Å². The average Bonchev–Trinajstić information content (AvgIpc) is 3.15. The van der Waals surface area contributed by atoms with Crippen LogP contribution in [0.4, 0.5) is 10.1 Å². The van der Waals surface area contributed by atoms with Gasteiger partial charge in [0.1, 0.15) is 17.1 Å². The minimum atomic E-state index is -0.453. The second-order valence-corrected chi connectivity index (χ2v) is 7.91. The normalized spacial score (nSPS) is 11.3. The van der Waals surface area contributed by atoms with E-state index in [9.17, 15) is 9.18 Å². The summed E-state index contributed by atoms with van der Waals surface area (Å²) < 4.78 is 24.3. The zero-order valence-corrected chi connectivity index (χ0v) is 18.7. The second-order valence-electron chi connectivity index (χ2n) is 6.66. The average molecular weight is 492 g/mol. The van der Waals surface area contributed by atoms with Crippen molar-refractivity contribution in [3.05, 3.63) is 81.1 Å². The highest BCUT2D eigenvalue weighted by Crippen LogP contribution is 2.33. The molecule has 1 amide bonds. The molecule has 0 aliphatic heterocycles. The molecular weight excluding hydrogens is 478 g/mol. The Balaban J connectivity index is 1.55. The van der Waals surface area contributed by atoms with E-state index in [1.165, 1.54) is 31.4 Å². The predicted molar refractivity (Wildman–Crippen MR) is 125 cm³/mol. The lowest BCUT2D eigenvalue weighted by Crippen LogP contribution is -2.07. The predicted octanol–water partition coefficient (Wildman–Crippen LogP) is 7.25. The Hall–Kier alpha value is -3.06. The SMILES string of the molecule is COc1c(Cl)cc(Cl)cc1C=CC(=O)Nc1ccc2oc(-c3ccc(F)cc3Cl)nc2c1. The number of hydrogen-bond donors (Lipinski definition) is 1. The largest absolute Gasteiger partial charge is 0.495 e. The van der Waals surface area contributed by atoms with Crippen LogP contribution in [0.3, 0.4) is 0 Å². The molecule has 9 heteroatoms. The standard InChI is InChI=1S/C23H14Cl3FN2O3/c1-31-22-12(8-13(24)9-18(22)26)2-7-21(30)28-15-4-6-20-19(11-15)29-23(32-20)16-5-3-14(27)10-17(16)25/h2-11H,1H3,(H,28,30). The number of aromatic nitrogens is 1. The zero-order chi connectivity index (χ0) is 22.8. The summed E-state index contributed by atoms with van der Waals surface area (Å²) in [6.07, 6.45) is 2.89. The number of nitrogens with zero attached hydrogens (tertiary/aromatic N) is 1. The van der Waals surface area contributed by atoms with Crippen molar-refractivity contribution >= 4 is 63.6 Å². The lowest BCUT2D eigenvalue weighted by Gasteiger charge is -2.08. The van der Waals surface area contributed by atoms with Crippen molar-refractivity contribution in [1.29, 1.82) is 0 Å². The first-order valence-electron chi connectivity index (χ1n) is 9.22. The Kier molecular flexibility index (Phi) is 6.37. The first-order chi connectivity index (χ1) is 15.3. The quantitative estimate of drug-likeness (QED) is 0.299. The van der Waals surface area contributed by atoms with Crippen LogP contribution in [-0.4, -0.2) is 18.0 Å². The van der Waals surface area contributed by atoms with E-state index in [1.807, 2.05) is 0 Å². The van der Waals surface area contributed by atoms with E-state index in [2.05, 4.69) is 10.3 Å². The number of oxazole rings is 1. The van der Waals surface area contributed by atoms with Crippen LogP contribution in [0.25, 0.3) is 28.6 Å². The van der Waals surface area contributed by atoms with Crippen LogP contribution in [-0.2, 0) is 4.79 Å². The van der Waals surface area contributed by atoms with E-state index in [0.29, 0.717) is 43.7 Å². The lowest BCUT2D eigenvalue weighted by molar-refractivity contribution is -0.111. The summed E-state index contributed by atoms with van der Waals surface area (Å²) in [6.45, 7) is 0. The number of halogens is 4. The number of amides is 1. The topological polar surface area (TPSA) is 64.4 Å². The number of fused-ring (bicyclic) bond motifs is 1. The number of nitrogens with one attached hydrogen (secondary N) is 1. The molecule has 0 bridgehead atoms. The van der Waals surface area contributed by atoms with Gasteiger partial charge in [-0.3, -0.25) is 4.79 Å². The van der Waals surface area contributed by atoms with Crippen molar-refractivity contribution < 1.29 is 18.3 Å². The van der Waals surface area contributed by atoms with Gasteiger partial charge in [-0.15, -0.1) is 0 Å². The number of methoxy groups -OCH3 is 1. The summed E-state index contributed by atoms with van der Waals surface area (Å²) in [4.78, 5) is 16.8. The van der Waals surface area contributed by atoms with Crippen molar-refractivity contribution in [2.45, 2.75) is 0 Å². The number of hydrogen-bond acceptors (Lipinski definition) is 4. The Morgan fingerprint density at radius 2 is 1.91 bits per heavy atom. The third-order valence-corrected chi connectivity index (χ3v) is 5.28. The van der Waals surface area contributed by atoms with Crippen LogP contribution in [0.15, 0.2) is 59.0 Å². The minimum Gasteiger partial charge on any atom is -0.495 e. The van der Waals surface area contributed by atoms with E-state index in [0.717, 1.165) is 0 Å². The zero-order valence-electron chi connectivity index (χ0n) is 16.5. The summed E-state index contributed by atoms with van der Waals surface area (Å²) >= 11 is 18.2. The monoisotopic (exact) mass is 490 g/mol. The van der Waals surface area contributed by atoms with Crippen molar-refractivity contribution in [2.75, 3.05) is 12.4 Å². The highest BCUT2D eigenvalue weighted by Gasteiger charge is 2.13. The number of anilines is 1. The first-order valence-corrected chi connectivity index (χ1v) is 10.4. The van der Waals surface area contributed by atoms with Gasteiger partial charge >= 0.3 is 0 Å². The van der Waals surface area contributed by atoms with Crippen molar-refractivity contribution in [3.8, 4) is 17.2 Å². The third-order valence-electron chi connectivity index (χ3n) is 4.47. The molecule has 0 atom stereocenters. The number of benzene rings is 3. The first kappa shape index (κ1) is 22.1. The van der Waals surface area contributed by atoms with Crippen molar-refractivity contribution in [3.63, 3.8) is 0 Å². The van der Waals surface area contributed by atoms with Gasteiger partial charge in [-0.2, -0.15) is 0 Å². The van der Waals surface area contributed by atoms with Gasteiger partial charge in [0, 0.05) is 22.3 Å². The molecule has 4 rings (SSSR count). The van der Waals surface area contributed by atoms with Crippen LogP contribution in [0.2, 0.25) is 15.1 Å². The molecule has 1 N–H and O–H groups in total. The summed E-state index contributed by atoms with van der Waals surface area (Å²) in [6, 6.07) is 12.1. The van der Waals surface area contributed by atoms with Crippen LogP contribution >= 0.6 is 34.8 Å². The van der Waals surface area contributed by atoms with Gasteiger partial charge in [0.2, 0.25) is 11.8 Å². The third kappa shape index (κ3) is 4.72. The van der Waals surface area contributed by atoms with Gasteiger partial charge in [0.25, 0.3) is 0 Å². The van der Waals surface area contributed by atoms with Gasteiger partial charge in [-0.1, -0.05) is 34.8 Å². The highest BCUT2D eigenvalue weighted by molar-refractivity contribution is 6.36. The van der Waals surface area contributed by atoms with Gasteiger partial charge in [0.15, 0.2) is 5.58 Å². The van der Waals surface area contributed by atoms with Gasteiger partial charge < -0.3 is 14.5 Å². The van der Waals surface area contributed by atoms with E-state index in [4.69, 9.17) is 44.0 Å². The smallest absolute Gasteiger partial charge is 0.248 e. The molecule has 0 aliphatic carbocycles. The molecule has 0 radical (unpaired) electrons. The summed E-state index contributed by atoms with van der Waals surface area (Å²) in [5.74, 6) is -0.173. The molecule has 1 heterocycles. The molecular formula is C23H14Cl3FN2O3. The maximum absolute atomic E-state index is 13.3. The highest BCUT2D eigenvalue weighted by atomic mass is 35.5. The fourth-order valence-corrected chi connectivity index (χ4v) is 3.89. The maximum atomic E-state index is 13.3. The molecule has 0 unspecified atom stereocenters. The minimum absolute atomic E-state index is 0.187. The summed E-state index contributed by atoms with van der Waals surface area (Å²) in [5, 5.41) is 3.70. The molecule has 5 nitrogen and oxygen atoms in total. The Bertz CT molecular complexity index is 1370. The van der Waals surface area contributed by atoms with E-state index in [1.54, 1.807) is 36.4 Å². The van der Waals surface area contributed by atoms with Gasteiger partial charge in [-0.25, -0.2) is 9.37 Å². The molecule has 4 aromatic rings. The Morgan fingerprint density at radius 1 is 1.09 bits per heavy atom. The fourth-order valence-electron chi connectivity index (χ4n) is 3.05. The van der Waals surface area contributed by atoms with Crippen LogP contribution in [0.5, 0.6) is 5.75 Å². The Morgan fingerprint density at radius 3 is 2.66 bits per heavy atom. The van der Waals surface area contributed by atoms with Gasteiger partial charge in [0.05, 0.1) is 22.7 Å². The fraction of sp³-hybridized carbons (Fsp3) is 0.0435. The van der Waals surface area contributed by atoms with Crippen molar-refractivity contribution in [2.24, 2.45) is 0 Å². The van der Waals surface area contributed by atoms with E-state index < -0.39 is 5.82 Å². The summed E-state index contributed by atoms with van der Waals surface area (Å²) in [7, 11) is 1.48. The van der Waals surface area contributed by atoms with Crippen LogP contribution in [0.1, 0.15) is 5.56 Å². The maximum Gasteiger partial charge on any atom is 0.248 e. The number of ether oxygens (including phenoxy) is 1. The summed E-state index contributed by atoms with van der Waals surface area (Å²) in [5.41, 5.74) is 2.53. The molecule has 0 aliphatic rings. The van der Waals surface area contributed by atoms with Crippen LogP contribution in [0, 0.1) is 5.82 Å². The molecule has 0 fully saturated rings. The van der Waals surface area contributed by atoms with E-state index >= 15 is 0 Å². The van der Waals surface area contributed by atoms with Crippen LogP contribution < -0.4 is 10.1 Å². The number of carbonyl (C=O) groups is 1. The lowest BCUT2D eigenvalue weighted by atomic mass is 10.2. The molecule has 0 saturated carbocycles. The number of carbonyl (C=O) groups excluding carboxylic acids is 1. The molecule has 1 aromatic heterocycles. The second kappa shape index (κ2) is 9.20. The van der Waals surface area contributed by atoms with Gasteiger partial charge in [-0.05, 0) is 54.6 Å². The molecule has 32 heavy (non-hydrogen) atoms. The van der Waals surface area contributed by atoms with E-state index in [-0.39, 0.29) is 16.8 Å².